The number of esters is 1. The summed E-state index contributed by atoms with van der Waals surface area (Å²) in [6.45, 7) is 5.70. The number of aryl methyl sites for hydroxylation is 2. The van der Waals surface area contributed by atoms with E-state index in [4.69, 9.17) is 9.15 Å². The molecule has 0 saturated heterocycles. The number of furan rings is 1. The predicted molar refractivity (Wildman–Crippen MR) is 106 cm³/mol. The molecule has 0 spiro atoms. The van der Waals surface area contributed by atoms with E-state index in [1.54, 1.807) is 31.4 Å². The van der Waals surface area contributed by atoms with Crippen LogP contribution in [0.4, 0.5) is 0 Å². The van der Waals surface area contributed by atoms with Crippen molar-refractivity contribution in [2.75, 3.05) is 0 Å². The standard InChI is InChI=1S/C22H20N2O4/c1-12-8-9-16-15(11-27-20(16)13(12)2)10-19(25)28-14(3)21-23-18-7-5-4-6-17(18)22(26)24-21/h4-9,11,14H,10H2,1-3H3,(H,23,24,26)/t14-/m0/s1. The van der Waals surface area contributed by atoms with Crippen LogP contribution in [0.15, 0.2) is 51.9 Å². The molecule has 4 rings (SSSR count). The van der Waals surface area contributed by atoms with E-state index in [0.29, 0.717) is 16.7 Å². The molecule has 0 unspecified atom stereocenters. The molecule has 0 radical (unpaired) electrons. The minimum atomic E-state index is -0.674. The van der Waals surface area contributed by atoms with Crippen LogP contribution < -0.4 is 5.56 Å². The number of aromatic nitrogens is 2. The van der Waals surface area contributed by atoms with Gasteiger partial charge in [-0.2, -0.15) is 0 Å². The molecule has 142 valence electrons. The summed E-state index contributed by atoms with van der Waals surface area (Å²) in [5.41, 5.74) is 4.07. The monoisotopic (exact) mass is 376 g/mol. The lowest BCUT2D eigenvalue weighted by Gasteiger charge is -2.13. The first kappa shape index (κ1) is 18.0. The van der Waals surface area contributed by atoms with Crippen LogP contribution in [0.25, 0.3) is 21.9 Å². The summed E-state index contributed by atoms with van der Waals surface area (Å²) in [7, 11) is 0. The number of hydrogen-bond acceptors (Lipinski definition) is 5. The van der Waals surface area contributed by atoms with Gasteiger partial charge in [0.2, 0.25) is 0 Å². The first-order valence-corrected chi connectivity index (χ1v) is 9.08. The minimum Gasteiger partial charge on any atom is -0.464 e. The molecule has 0 fully saturated rings. The molecular weight excluding hydrogens is 356 g/mol. The van der Waals surface area contributed by atoms with E-state index in [-0.39, 0.29) is 12.0 Å². The summed E-state index contributed by atoms with van der Waals surface area (Å²) in [4.78, 5) is 31.8. The van der Waals surface area contributed by atoms with E-state index < -0.39 is 12.1 Å². The zero-order valence-corrected chi connectivity index (χ0v) is 15.9. The largest absolute Gasteiger partial charge is 0.464 e. The summed E-state index contributed by atoms with van der Waals surface area (Å²) >= 11 is 0. The molecule has 28 heavy (non-hydrogen) atoms. The lowest BCUT2D eigenvalue weighted by Crippen LogP contribution is -2.18. The highest BCUT2D eigenvalue weighted by Gasteiger charge is 2.18. The zero-order chi connectivity index (χ0) is 19.8. The maximum Gasteiger partial charge on any atom is 0.311 e. The Bertz CT molecular complexity index is 1250. The maximum atomic E-state index is 12.5. The van der Waals surface area contributed by atoms with Crippen molar-refractivity contribution in [3.8, 4) is 0 Å². The van der Waals surface area contributed by atoms with Gasteiger partial charge in [-0.3, -0.25) is 9.59 Å². The third kappa shape index (κ3) is 3.17. The Hall–Kier alpha value is -3.41. The van der Waals surface area contributed by atoms with Crippen LogP contribution >= 0.6 is 0 Å². The summed E-state index contributed by atoms with van der Waals surface area (Å²) in [5, 5.41) is 1.41. The SMILES string of the molecule is Cc1ccc2c(CC(=O)O[C@@H](C)c3nc4ccccc4c(=O)[nH]3)coc2c1C. The van der Waals surface area contributed by atoms with Gasteiger partial charge in [0, 0.05) is 10.9 Å². The summed E-state index contributed by atoms with van der Waals surface area (Å²) in [6, 6.07) is 11.0. The zero-order valence-electron chi connectivity index (χ0n) is 15.9. The van der Waals surface area contributed by atoms with Crippen molar-refractivity contribution >= 4 is 27.8 Å². The molecule has 0 aliphatic rings. The quantitative estimate of drug-likeness (QED) is 0.541. The molecule has 2 aromatic heterocycles. The molecule has 0 amide bonds. The molecule has 0 saturated carbocycles. The highest BCUT2D eigenvalue weighted by Crippen LogP contribution is 2.27. The van der Waals surface area contributed by atoms with Crippen LogP contribution in [0, 0.1) is 13.8 Å². The lowest BCUT2D eigenvalue weighted by atomic mass is 10.0. The fourth-order valence-electron chi connectivity index (χ4n) is 3.27. The van der Waals surface area contributed by atoms with Gasteiger partial charge in [0.05, 0.1) is 23.6 Å². The van der Waals surface area contributed by atoms with E-state index in [1.165, 1.54) is 0 Å². The van der Waals surface area contributed by atoms with Crippen molar-refractivity contribution in [3.05, 3.63) is 75.5 Å². The molecule has 6 heteroatoms. The van der Waals surface area contributed by atoms with Gasteiger partial charge in [0.1, 0.15) is 5.58 Å². The van der Waals surface area contributed by atoms with E-state index in [2.05, 4.69) is 9.97 Å². The Morgan fingerprint density at radius 1 is 1.18 bits per heavy atom. The first-order chi connectivity index (χ1) is 13.4. The molecular formula is C22H20N2O4. The summed E-state index contributed by atoms with van der Waals surface area (Å²) < 4.78 is 11.2. The number of nitrogens with zero attached hydrogens (tertiary/aromatic N) is 1. The normalized spacial score (nSPS) is 12.4. The van der Waals surface area contributed by atoms with Gasteiger partial charge < -0.3 is 14.1 Å². The smallest absolute Gasteiger partial charge is 0.311 e. The molecule has 0 bridgehead atoms. The van der Waals surface area contributed by atoms with Gasteiger partial charge in [-0.15, -0.1) is 0 Å². The number of H-pyrrole nitrogens is 1. The number of rotatable bonds is 4. The fraction of sp³-hybridized carbons (Fsp3) is 0.227. The van der Waals surface area contributed by atoms with Gasteiger partial charge >= 0.3 is 5.97 Å². The van der Waals surface area contributed by atoms with Crippen molar-refractivity contribution in [1.82, 2.24) is 9.97 Å². The van der Waals surface area contributed by atoms with Gasteiger partial charge in [0.25, 0.3) is 5.56 Å². The second kappa shape index (κ2) is 6.96. The lowest BCUT2D eigenvalue weighted by molar-refractivity contribution is -0.148. The predicted octanol–water partition coefficient (Wildman–Crippen LogP) is 4.13. The van der Waals surface area contributed by atoms with Crippen molar-refractivity contribution < 1.29 is 13.9 Å². The number of ether oxygens (including phenoxy) is 1. The van der Waals surface area contributed by atoms with Crippen LogP contribution in [-0.4, -0.2) is 15.9 Å². The van der Waals surface area contributed by atoms with E-state index in [1.807, 2.05) is 32.0 Å². The molecule has 2 heterocycles. The Morgan fingerprint density at radius 3 is 2.79 bits per heavy atom. The topological polar surface area (TPSA) is 85.2 Å². The van der Waals surface area contributed by atoms with Gasteiger partial charge in [0.15, 0.2) is 11.9 Å². The van der Waals surface area contributed by atoms with Crippen LogP contribution in [0.3, 0.4) is 0 Å². The van der Waals surface area contributed by atoms with Crippen molar-refractivity contribution in [2.24, 2.45) is 0 Å². The Kier molecular flexibility index (Phi) is 4.47. The molecule has 6 nitrogen and oxygen atoms in total. The van der Waals surface area contributed by atoms with E-state index in [0.717, 1.165) is 27.7 Å². The minimum absolute atomic E-state index is 0.0810. The van der Waals surface area contributed by atoms with Gasteiger partial charge in [-0.05, 0) is 44.0 Å². The molecule has 1 atom stereocenters. The number of carbonyl (C=O) groups excluding carboxylic acids is 1. The Balaban J connectivity index is 1.54. The van der Waals surface area contributed by atoms with Crippen molar-refractivity contribution in [3.63, 3.8) is 0 Å². The van der Waals surface area contributed by atoms with Crippen molar-refractivity contribution in [2.45, 2.75) is 33.3 Å². The first-order valence-electron chi connectivity index (χ1n) is 9.08. The van der Waals surface area contributed by atoms with Gasteiger partial charge in [-0.1, -0.05) is 24.3 Å². The second-order valence-electron chi connectivity index (χ2n) is 6.92. The number of hydrogen-bond donors (Lipinski definition) is 1. The molecule has 4 aromatic rings. The van der Waals surface area contributed by atoms with Crippen molar-refractivity contribution in [1.29, 1.82) is 0 Å². The molecule has 2 aromatic carbocycles. The van der Waals surface area contributed by atoms with Gasteiger partial charge in [-0.25, -0.2) is 4.98 Å². The second-order valence-corrected chi connectivity index (χ2v) is 6.92. The van der Waals surface area contributed by atoms with E-state index >= 15 is 0 Å². The average molecular weight is 376 g/mol. The van der Waals surface area contributed by atoms with Crippen LogP contribution in [0.5, 0.6) is 0 Å². The highest BCUT2D eigenvalue weighted by molar-refractivity contribution is 5.88. The molecule has 0 aliphatic heterocycles. The number of fused-ring (bicyclic) bond motifs is 2. The number of nitrogens with one attached hydrogen (secondary N) is 1. The van der Waals surface area contributed by atoms with Crippen LogP contribution in [0.1, 0.15) is 35.5 Å². The summed E-state index contributed by atoms with van der Waals surface area (Å²) in [5.74, 6) is -0.0928. The fourth-order valence-corrected chi connectivity index (χ4v) is 3.27. The highest BCUT2D eigenvalue weighted by atomic mass is 16.5. The Labute approximate surface area is 161 Å². The number of para-hydroxylation sites is 1. The van der Waals surface area contributed by atoms with E-state index in [9.17, 15) is 9.59 Å². The van der Waals surface area contributed by atoms with Crippen LogP contribution in [-0.2, 0) is 16.0 Å². The Morgan fingerprint density at radius 2 is 1.96 bits per heavy atom. The maximum absolute atomic E-state index is 12.5. The molecule has 1 N–H and O–H groups in total. The third-order valence-corrected chi connectivity index (χ3v) is 5.00. The number of benzene rings is 2. The number of aromatic amines is 1. The summed E-state index contributed by atoms with van der Waals surface area (Å²) in [6.07, 6.45) is 1.00. The molecule has 0 aliphatic carbocycles. The number of carbonyl (C=O) groups is 1. The third-order valence-electron chi connectivity index (χ3n) is 5.00. The van der Waals surface area contributed by atoms with Crippen LogP contribution in [0.2, 0.25) is 0 Å². The average Bonchev–Trinajstić information content (AvgIpc) is 3.08.